The molecule has 1 saturated carbocycles. The third-order valence-electron chi connectivity index (χ3n) is 5.07. The third kappa shape index (κ3) is 4.20. The van der Waals surface area contributed by atoms with Gasteiger partial charge in [0.15, 0.2) is 0 Å². The molecule has 4 rings (SSSR count). The van der Waals surface area contributed by atoms with Gasteiger partial charge in [-0.15, -0.1) is 11.3 Å². The number of thiazole rings is 1. The van der Waals surface area contributed by atoms with Crippen LogP contribution >= 0.6 is 11.3 Å². The summed E-state index contributed by atoms with van der Waals surface area (Å²) in [6.45, 7) is 4.64. The Kier molecular flexibility index (Phi) is 5.35. The third-order valence-corrected chi connectivity index (χ3v) is 5.87. The van der Waals surface area contributed by atoms with E-state index >= 15 is 0 Å². The van der Waals surface area contributed by atoms with E-state index in [9.17, 15) is 4.79 Å². The lowest BCUT2D eigenvalue weighted by Crippen LogP contribution is -2.22. The first-order valence-electron chi connectivity index (χ1n) is 9.53. The van der Waals surface area contributed by atoms with Crippen LogP contribution in [0.15, 0.2) is 59.0 Å². The van der Waals surface area contributed by atoms with Gasteiger partial charge in [-0.2, -0.15) is 0 Å². The van der Waals surface area contributed by atoms with Crippen molar-refractivity contribution in [1.82, 2.24) is 10.3 Å². The van der Waals surface area contributed by atoms with Crippen LogP contribution < -0.4 is 5.32 Å². The molecule has 1 heterocycles. The zero-order valence-corrected chi connectivity index (χ0v) is 16.9. The van der Waals surface area contributed by atoms with Gasteiger partial charge in [0.25, 0.3) is 5.91 Å². The van der Waals surface area contributed by atoms with Gasteiger partial charge in [0, 0.05) is 35.0 Å². The highest BCUT2D eigenvalue weighted by atomic mass is 32.1. The van der Waals surface area contributed by atoms with Crippen LogP contribution in [0.25, 0.3) is 10.6 Å². The topological polar surface area (TPSA) is 54.4 Å². The van der Waals surface area contributed by atoms with Crippen LogP contribution in [-0.4, -0.2) is 16.6 Å². The van der Waals surface area contributed by atoms with Gasteiger partial charge in [-0.1, -0.05) is 30.3 Å². The van der Waals surface area contributed by atoms with E-state index < -0.39 is 0 Å². The van der Waals surface area contributed by atoms with E-state index in [1.807, 2.05) is 47.8 Å². The smallest absolute Gasteiger partial charge is 0.251 e. The Labute approximate surface area is 169 Å². The van der Waals surface area contributed by atoms with Crippen LogP contribution in [0.4, 0.5) is 5.69 Å². The average Bonchev–Trinajstić information content (AvgIpc) is 3.43. The summed E-state index contributed by atoms with van der Waals surface area (Å²) in [6.07, 6.45) is 4.22. The Morgan fingerprint density at radius 3 is 2.71 bits per heavy atom. The van der Waals surface area contributed by atoms with Crippen molar-refractivity contribution in [3.8, 4) is 10.6 Å². The van der Waals surface area contributed by atoms with E-state index in [1.165, 1.54) is 12.8 Å². The molecule has 0 unspecified atom stereocenters. The molecule has 28 heavy (non-hydrogen) atoms. The molecule has 1 aromatic heterocycles. The number of amides is 1. The SMILES string of the molecule is C/C(=N/c1cc(C(=O)NCc2ccccc2)cc(-c2nccs2)c1C)C1CC1. The summed E-state index contributed by atoms with van der Waals surface area (Å²) in [5.74, 6) is 0.500. The number of hydrogen-bond acceptors (Lipinski definition) is 4. The highest BCUT2D eigenvalue weighted by molar-refractivity contribution is 7.13. The van der Waals surface area contributed by atoms with Gasteiger partial charge in [-0.3, -0.25) is 9.79 Å². The number of nitrogens with one attached hydrogen (secondary N) is 1. The Bertz CT molecular complexity index is 1010. The highest BCUT2D eigenvalue weighted by Gasteiger charge is 2.25. The number of aliphatic imine (C=N–C) groups is 1. The normalized spacial score (nSPS) is 14.1. The molecule has 0 atom stereocenters. The van der Waals surface area contributed by atoms with Crippen molar-refractivity contribution in [3.05, 3.63) is 70.7 Å². The van der Waals surface area contributed by atoms with Gasteiger partial charge in [0.05, 0.1) is 5.69 Å². The van der Waals surface area contributed by atoms with E-state index in [1.54, 1.807) is 17.5 Å². The minimum absolute atomic E-state index is 0.0952. The lowest BCUT2D eigenvalue weighted by Gasteiger charge is -2.12. The molecule has 3 aromatic rings. The standard InChI is InChI=1S/C23H23N3OS/c1-15-20(23-24-10-11-28-23)12-19(13-21(15)26-16(2)18-8-9-18)22(27)25-14-17-6-4-3-5-7-17/h3-7,10-13,18H,8-9,14H2,1-2H3,(H,25,27)/b26-16-. The molecular formula is C23H23N3OS. The number of aromatic nitrogens is 1. The minimum Gasteiger partial charge on any atom is -0.348 e. The fourth-order valence-corrected chi connectivity index (χ4v) is 3.90. The molecule has 142 valence electrons. The number of rotatable bonds is 6. The quantitative estimate of drug-likeness (QED) is 0.562. The molecule has 1 aliphatic rings. The monoisotopic (exact) mass is 389 g/mol. The predicted molar refractivity (Wildman–Crippen MR) is 115 cm³/mol. The van der Waals surface area contributed by atoms with E-state index in [2.05, 4.69) is 24.1 Å². The van der Waals surface area contributed by atoms with Crippen LogP contribution in [-0.2, 0) is 6.54 Å². The molecule has 5 heteroatoms. The number of carbonyl (C=O) groups is 1. The predicted octanol–water partition coefficient (Wildman–Crippen LogP) is 5.55. The number of carbonyl (C=O) groups excluding carboxylic acids is 1. The molecule has 0 radical (unpaired) electrons. The summed E-state index contributed by atoms with van der Waals surface area (Å²) in [4.78, 5) is 22.2. The van der Waals surface area contributed by atoms with Crippen LogP contribution in [0.2, 0.25) is 0 Å². The lowest BCUT2D eigenvalue weighted by atomic mass is 10.0. The maximum atomic E-state index is 12.9. The summed E-state index contributed by atoms with van der Waals surface area (Å²) in [6, 6.07) is 13.8. The Morgan fingerprint density at radius 1 is 1.25 bits per heavy atom. The summed E-state index contributed by atoms with van der Waals surface area (Å²) in [7, 11) is 0. The molecule has 0 saturated heterocycles. The Balaban J connectivity index is 1.66. The van der Waals surface area contributed by atoms with Crippen molar-refractivity contribution in [1.29, 1.82) is 0 Å². The van der Waals surface area contributed by atoms with Crippen molar-refractivity contribution in [2.75, 3.05) is 0 Å². The summed E-state index contributed by atoms with van der Waals surface area (Å²) in [5, 5.41) is 5.88. The first kappa shape index (κ1) is 18.6. The highest BCUT2D eigenvalue weighted by Crippen LogP contribution is 2.36. The molecular weight excluding hydrogens is 366 g/mol. The number of hydrogen-bond donors (Lipinski definition) is 1. The zero-order chi connectivity index (χ0) is 19.5. The second-order valence-electron chi connectivity index (χ2n) is 7.20. The molecule has 1 N–H and O–H groups in total. The van der Waals surface area contributed by atoms with Crippen molar-refractivity contribution in [3.63, 3.8) is 0 Å². The van der Waals surface area contributed by atoms with Gasteiger partial charge in [0.2, 0.25) is 0 Å². The van der Waals surface area contributed by atoms with Gasteiger partial charge in [0.1, 0.15) is 5.01 Å². The minimum atomic E-state index is -0.0952. The first-order valence-corrected chi connectivity index (χ1v) is 10.4. The van der Waals surface area contributed by atoms with Crippen molar-refractivity contribution >= 4 is 28.6 Å². The number of nitrogens with zero attached hydrogens (tertiary/aromatic N) is 2. The molecule has 0 spiro atoms. The first-order chi connectivity index (χ1) is 13.6. The van der Waals surface area contributed by atoms with Crippen LogP contribution in [0, 0.1) is 12.8 Å². The van der Waals surface area contributed by atoms with Crippen LogP contribution in [0.3, 0.4) is 0 Å². The van der Waals surface area contributed by atoms with Crippen LogP contribution in [0.1, 0.15) is 41.3 Å². The molecule has 0 aliphatic heterocycles. The summed E-state index contributed by atoms with van der Waals surface area (Å²) < 4.78 is 0. The second kappa shape index (κ2) is 8.07. The van der Waals surface area contributed by atoms with Crippen molar-refractivity contribution in [2.45, 2.75) is 33.2 Å². The van der Waals surface area contributed by atoms with E-state index in [0.717, 1.165) is 33.1 Å². The van der Waals surface area contributed by atoms with Crippen molar-refractivity contribution < 1.29 is 4.79 Å². The maximum Gasteiger partial charge on any atom is 0.251 e. The molecule has 1 fully saturated rings. The van der Waals surface area contributed by atoms with E-state index in [-0.39, 0.29) is 5.91 Å². The summed E-state index contributed by atoms with van der Waals surface area (Å²) >= 11 is 1.58. The van der Waals surface area contributed by atoms with Gasteiger partial charge < -0.3 is 5.32 Å². The van der Waals surface area contributed by atoms with Gasteiger partial charge >= 0.3 is 0 Å². The molecule has 2 aromatic carbocycles. The Morgan fingerprint density at radius 2 is 2.04 bits per heavy atom. The summed E-state index contributed by atoms with van der Waals surface area (Å²) in [5.41, 5.74) is 5.75. The van der Waals surface area contributed by atoms with Crippen LogP contribution in [0.5, 0.6) is 0 Å². The van der Waals surface area contributed by atoms with E-state index in [4.69, 9.17) is 4.99 Å². The fourth-order valence-electron chi connectivity index (χ4n) is 3.19. The Hall–Kier alpha value is -2.79. The lowest BCUT2D eigenvalue weighted by molar-refractivity contribution is 0.0951. The van der Waals surface area contributed by atoms with Gasteiger partial charge in [-0.25, -0.2) is 4.98 Å². The van der Waals surface area contributed by atoms with E-state index in [0.29, 0.717) is 18.0 Å². The molecule has 1 aliphatic carbocycles. The van der Waals surface area contributed by atoms with Crippen molar-refractivity contribution in [2.24, 2.45) is 10.9 Å². The molecule has 4 nitrogen and oxygen atoms in total. The fraction of sp³-hybridized carbons (Fsp3) is 0.261. The number of benzene rings is 2. The molecule has 1 amide bonds. The van der Waals surface area contributed by atoms with Gasteiger partial charge in [-0.05, 0) is 55.9 Å². The average molecular weight is 390 g/mol. The largest absolute Gasteiger partial charge is 0.348 e. The molecule has 0 bridgehead atoms. The zero-order valence-electron chi connectivity index (χ0n) is 16.1. The maximum absolute atomic E-state index is 12.9. The second-order valence-corrected chi connectivity index (χ2v) is 8.10.